The van der Waals surface area contributed by atoms with Crippen molar-refractivity contribution < 1.29 is 39.3 Å². The molecule has 0 fully saturated rings. The summed E-state index contributed by atoms with van der Waals surface area (Å²) in [5, 5.41) is 5.29. The minimum Gasteiger partial charge on any atom is -0.339 e. The van der Waals surface area contributed by atoms with Gasteiger partial charge in [0, 0.05) is 17.4 Å². The predicted octanol–water partition coefficient (Wildman–Crippen LogP) is 5.44. The molecule has 2 aromatic heterocycles. The Kier molecular flexibility index (Phi) is 6.35. The van der Waals surface area contributed by atoms with Crippen molar-refractivity contribution in [3.05, 3.63) is 40.1 Å². The van der Waals surface area contributed by atoms with Gasteiger partial charge in [-0.2, -0.15) is 31.3 Å². The Hall–Kier alpha value is -2.19. The average molecular weight is 506 g/mol. The summed E-state index contributed by atoms with van der Waals surface area (Å²) in [6.07, 6.45) is -5.97. The van der Waals surface area contributed by atoms with Crippen molar-refractivity contribution in [2.75, 3.05) is 0 Å². The summed E-state index contributed by atoms with van der Waals surface area (Å²) >= 11 is 7.12. The van der Waals surface area contributed by atoms with Gasteiger partial charge in [-0.1, -0.05) is 28.9 Å². The van der Waals surface area contributed by atoms with Gasteiger partial charge >= 0.3 is 11.7 Å². The van der Waals surface area contributed by atoms with Crippen LogP contribution in [0.25, 0.3) is 22.1 Å². The highest BCUT2D eigenvalue weighted by atomic mass is 35.5. The molecular weight excluding hydrogens is 496 g/mol. The summed E-state index contributed by atoms with van der Waals surface area (Å²) in [4.78, 5) is 8.06. The second-order valence-electron chi connectivity index (χ2n) is 6.18. The number of thiazole rings is 1. The van der Waals surface area contributed by atoms with E-state index in [1.54, 1.807) is 0 Å². The van der Waals surface area contributed by atoms with Crippen molar-refractivity contribution >= 4 is 32.8 Å². The Bertz CT molecular complexity index is 1190. The van der Waals surface area contributed by atoms with Crippen LogP contribution in [0.5, 0.6) is 0 Å². The Morgan fingerprint density at radius 3 is 2.42 bits per heavy atom. The van der Waals surface area contributed by atoms with Gasteiger partial charge in [-0.3, -0.25) is 0 Å². The van der Waals surface area contributed by atoms with Crippen LogP contribution in [0, 0.1) is 0 Å². The third-order valence-electron chi connectivity index (χ3n) is 3.80. The van der Waals surface area contributed by atoms with Gasteiger partial charge in [-0.15, -0.1) is 11.3 Å². The number of aromatic nitrogens is 3. The fourth-order valence-corrected chi connectivity index (χ4v) is 4.17. The molecule has 0 atom stereocenters. The van der Waals surface area contributed by atoms with Gasteiger partial charge in [0.2, 0.25) is 11.7 Å². The maximum absolute atomic E-state index is 12.5. The summed E-state index contributed by atoms with van der Waals surface area (Å²) in [5.41, 5.74) is -4.95. The monoisotopic (exact) mass is 505 g/mol. The molecule has 0 unspecified atom stereocenters. The molecule has 168 valence electrons. The second kappa shape index (κ2) is 8.39. The highest BCUT2D eigenvalue weighted by Crippen LogP contribution is 2.34. The fraction of sp³-hybridized carbons (Fsp3) is 0.312. The zero-order chi connectivity index (χ0) is 23.0. The standard InChI is InChI=1S/C16H10ClF6N3O3S2/c17-10-5-8(7-31(27,28)16(21,22)23)1-2-9(10)11-6-30-14(24-11)13-25-12(29-26-13)3-4-15(18,19)20/h1-2,5-6H,3-4,7H2. The zero-order valence-electron chi connectivity index (χ0n) is 15.0. The lowest BCUT2D eigenvalue weighted by Gasteiger charge is -2.09. The Morgan fingerprint density at radius 2 is 1.81 bits per heavy atom. The number of hydrogen-bond acceptors (Lipinski definition) is 7. The number of alkyl halides is 6. The summed E-state index contributed by atoms with van der Waals surface area (Å²) in [6, 6.07) is 3.57. The van der Waals surface area contributed by atoms with Gasteiger partial charge in [-0.25, -0.2) is 13.4 Å². The highest BCUT2D eigenvalue weighted by Gasteiger charge is 2.45. The second-order valence-corrected chi connectivity index (χ2v) is 9.43. The maximum atomic E-state index is 12.5. The van der Waals surface area contributed by atoms with Crippen molar-refractivity contribution in [3.8, 4) is 22.1 Å². The predicted molar refractivity (Wildman–Crippen MR) is 98.9 cm³/mol. The Labute approximate surface area is 179 Å². The topological polar surface area (TPSA) is 86.0 Å². The molecule has 15 heteroatoms. The van der Waals surface area contributed by atoms with Gasteiger partial charge < -0.3 is 4.52 Å². The van der Waals surface area contributed by atoms with Gasteiger partial charge in [0.25, 0.3) is 9.84 Å². The minimum atomic E-state index is -5.38. The molecule has 0 amide bonds. The van der Waals surface area contributed by atoms with Crippen LogP contribution in [0.1, 0.15) is 17.9 Å². The number of aryl methyl sites for hydroxylation is 1. The number of nitrogens with zero attached hydrogens (tertiary/aromatic N) is 3. The van der Waals surface area contributed by atoms with Crippen molar-refractivity contribution in [1.29, 1.82) is 0 Å². The molecule has 0 saturated heterocycles. The fourth-order valence-electron chi connectivity index (χ4n) is 2.35. The van der Waals surface area contributed by atoms with Gasteiger partial charge in [0.15, 0.2) is 5.01 Å². The molecule has 0 aliphatic rings. The first-order valence-corrected chi connectivity index (χ1v) is 11.1. The summed E-state index contributed by atoms with van der Waals surface area (Å²) in [7, 11) is -5.36. The van der Waals surface area contributed by atoms with Crippen LogP contribution in [-0.4, -0.2) is 35.2 Å². The van der Waals surface area contributed by atoms with Crippen molar-refractivity contribution in [2.45, 2.75) is 30.3 Å². The molecule has 0 spiro atoms. The van der Waals surface area contributed by atoms with E-state index in [1.807, 2.05) is 0 Å². The molecule has 3 aromatic rings. The van der Waals surface area contributed by atoms with Crippen LogP contribution < -0.4 is 0 Å². The zero-order valence-corrected chi connectivity index (χ0v) is 17.3. The highest BCUT2D eigenvalue weighted by molar-refractivity contribution is 7.91. The van der Waals surface area contributed by atoms with Crippen LogP contribution in [0.2, 0.25) is 5.02 Å². The number of benzene rings is 1. The van der Waals surface area contributed by atoms with E-state index >= 15 is 0 Å². The van der Waals surface area contributed by atoms with E-state index in [-0.39, 0.29) is 33.0 Å². The van der Waals surface area contributed by atoms with E-state index in [0.717, 1.165) is 17.4 Å². The lowest BCUT2D eigenvalue weighted by Crippen LogP contribution is -2.24. The van der Waals surface area contributed by atoms with Crippen molar-refractivity contribution in [2.24, 2.45) is 0 Å². The van der Waals surface area contributed by atoms with E-state index in [4.69, 9.17) is 16.1 Å². The summed E-state index contributed by atoms with van der Waals surface area (Å²) in [5.74, 6) is -1.50. The smallest absolute Gasteiger partial charge is 0.339 e. The largest absolute Gasteiger partial charge is 0.497 e. The van der Waals surface area contributed by atoms with Crippen molar-refractivity contribution in [3.63, 3.8) is 0 Å². The molecule has 1 aromatic carbocycles. The molecule has 0 aliphatic carbocycles. The number of sulfone groups is 1. The van der Waals surface area contributed by atoms with E-state index in [2.05, 4.69) is 15.1 Å². The van der Waals surface area contributed by atoms with E-state index in [9.17, 15) is 34.8 Å². The maximum Gasteiger partial charge on any atom is 0.497 e. The van der Waals surface area contributed by atoms with Gasteiger partial charge in [-0.05, 0) is 11.6 Å². The first kappa shape index (κ1) is 23.5. The molecule has 3 rings (SSSR count). The van der Waals surface area contributed by atoms with Gasteiger partial charge in [0.1, 0.15) is 0 Å². The molecule has 0 bridgehead atoms. The quantitative estimate of drug-likeness (QED) is 0.414. The lowest BCUT2D eigenvalue weighted by atomic mass is 10.1. The van der Waals surface area contributed by atoms with E-state index in [1.165, 1.54) is 17.5 Å². The third kappa shape index (κ3) is 5.74. The van der Waals surface area contributed by atoms with Crippen LogP contribution in [-0.2, 0) is 22.0 Å². The molecule has 0 aliphatic heterocycles. The first-order valence-electron chi connectivity index (χ1n) is 8.18. The van der Waals surface area contributed by atoms with Crippen LogP contribution in [0.3, 0.4) is 0 Å². The molecule has 0 saturated carbocycles. The Morgan fingerprint density at radius 1 is 1.10 bits per heavy atom. The van der Waals surface area contributed by atoms with Gasteiger partial charge in [0.05, 0.1) is 22.9 Å². The lowest BCUT2D eigenvalue weighted by molar-refractivity contribution is -0.134. The normalized spacial score (nSPS) is 13.0. The van der Waals surface area contributed by atoms with Crippen molar-refractivity contribution in [1.82, 2.24) is 15.1 Å². The van der Waals surface area contributed by atoms with E-state index < -0.39 is 40.1 Å². The molecule has 2 heterocycles. The molecular formula is C16H10ClF6N3O3S2. The summed E-state index contributed by atoms with van der Waals surface area (Å²) < 4.78 is 102. The van der Waals surface area contributed by atoms with Crippen LogP contribution in [0.4, 0.5) is 26.3 Å². The number of hydrogen-bond donors (Lipinski definition) is 0. The third-order valence-corrected chi connectivity index (χ3v) is 6.37. The number of halogens is 7. The van der Waals surface area contributed by atoms with Crippen LogP contribution >= 0.6 is 22.9 Å². The molecule has 0 N–H and O–H groups in total. The summed E-state index contributed by atoms with van der Waals surface area (Å²) in [6.45, 7) is 0. The Balaban J connectivity index is 1.78. The number of rotatable bonds is 6. The molecule has 31 heavy (non-hydrogen) atoms. The van der Waals surface area contributed by atoms with E-state index in [0.29, 0.717) is 5.56 Å². The molecule has 6 nitrogen and oxygen atoms in total. The first-order chi connectivity index (χ1) is 14.2. The minimum absolute atomic E-state index is 0.0302. The van der Waals surface area contributed by atoms with Crippen LogP contribution in [0.15, 0.2) is 28.1 Å². The SMILES string of the molecule is O=S(=O)(Cc1ccc(-c2csc(-c3noc(CCC(F)(F)F)n3)n2)c(Cl)c1)C(F)(F)F. The molecule has 0 radical (unpaired) electrons. The average Bonchev–Trinajstić information content (AvgIpc) is 3.27.